The predicted molar refractivity (Wildman–Crippen MR) is 119 cm³/mol. The van der Waals surface area contributed by atoms with E-state index in [2.05, 4.69) is 31.2 Å². The Hall–Kier alpha value is -1.67. The van der Waals surface area contributed by atoms with Gasteiger partial charge in [-0.1, -0.05) is 6.07 Å². The Bertz CT molecular complexity index is 941. The molecule has 1 N–H and O–H groups in total. The topological polar surface area (TPSA) is 63.1 Å². The Morgan fingerprint density at radius 2 is 2.14 bits per heavy atom. The molecule has 1 fully saturated rings. The number of thiophene rings is 1. The van der Waals surface area contributed by atoms with Crippen LogP contribution in [0.2, 0.25) is 0 Å². The van der Waals surface area contributed by atoms with Crippen LogP contribution in [-0.4, -0.2) is 51.2 Å². The zero-order valence-corrected chi connectivity index (χ0v) is 18.5. The van der Waals surface area contributed by atoms with Crippen molar-refractivity contribution in [2.45, 2.75) is 32.9 Å². The van der Waals surface area contributed by atoms with Gasteiger partial charge in [0, 0.05) is 31.7 Å². The van der Waals surface area contributed by atoms with Gasteiger partial charge in [0.2, 0.25) is 0 Å². The number of nitrogens with zero attached hydrogens (tertiary/aromatic N) is 4. The van der Waals surface area contributed by atoms with Crippen molar-refractivity contribution in [3.8, 4) is 10.6 Å². The lowest BCUT2D eigenvalue weighted by atomic mass is 10.1. The van der Waals surface area contributed by atoms with Gasteiger partial charge >= 0.3 is 0 Å². The van der Waals surface area contributed by atoms with Crippen LogP contribution in [0.25, 0.3) is 21.6 Å². The summed E-state index contributed by atoms with van der Waals surface area (Å²) >= 11 is 1.63. The zero-order chi connectivity index (χ0) is 18.3. The van der Waals surface area contributed by atoms with Crippen LogP contribution in [-0.2, 0) is 0 Å². The average Bonchev–Trinajstić information content (AvgIpc) is 3.30. The van der Waals surface area contributed by atoms with Crippen LogP contribution in [0.15, 0.2) is 29.8 Å². The SMILES string of the molecule is CC(C)n1ncc2c(C(=O)N3CCNC[C@H]3C)cc(-c3cccs3)nc21.Cl.Cl. The molecular formula is C19H25Cl2N5OS. The lowest BCUT2D eigenvalue weighted by Gasteiger charge is -2.34. The molecule has 0 bridgehead atoms. The van der Waals surface area contributed by atoms with Gasteiger partial charge in [-0.25, -0.2) is 9.67 Å². The highest BCUT2D eigenvalue weighted by atomic mass is 35.5. The largest absolute Gasteiger partial charge is 0.333 e. The molecule has 0 spiro atoms. The molecule has 1 aliphatic heterocycles. The maximum atomic E-state index is 13.4. The Kier molecular flexibility index (Phi) is 7.45. The van der Waals surface area contributed by atoms with Crippen molar-refractivity contribution in [1.82, 2.24) is 25.0 Å². The molecule has 0 unspecified atom stereocenters. The van der Waals surface area contributed by atoms with Crippen LogP contribution < -0.4 is 5.32 Å². The smallest absolute Gasteiger partial charge is 0.255 e. The molecule has 0 aliphatic carbocycles. The van der Waals surface area contributed by atoms with Gasteiger partial charge < -0.3 is 10.2 Å². The van der Waals surface area contributed by atoms with Crippen LogP contribution in [0, 0.1) is 0 Å². The number of pyridine rings is 1. The van der Waals surface area contributed by atoms with Crippen LogP contribution >= 0.6 is 36.2 Å². The summed E-state index contributed by atoms with van der Waals surface area (Å²) in [5, 5.41) is 10.7. The lowest BCUT2D eigenvalue weighted by Crippen LogP contribution is -2.52. The first-order valence-electron chi connectivity index (χ1n) is 9.00. The van der Waals surface area contributed by atoms with Gasteiger partial charge in [0.05, 0.1) is 27.7 Å². The number of piperazine rings is 1. The van der Waals surface area contributed by atoms with Gasteiger partial charge in [-0.15, -0.1) is 36.2 Å². The molecule has 6 nitrogen and oxygen atoms in total. The number of carbonyl (C=O) groups excluding carboxylic acids is 1. The fourth-order valence-corrected chi connectivity index (χ4v) is 4.11. The first-order chi connectivity index (χ1) is 12.6. The number of rotatable bonds is 3. The van der Waals surface area contributed by atoms with Crippen molar-refractivity contribution in [2.75, 3.05) is 19.6 Å². The third-order valence-electron chi connectivity index (χ3n) is 4.82. The third kappa shape index (κ3) is 4.03. The van der Waals surface area contributed by atoms with E-state index in [0.717, 1.165) is 41.2 Å². The van der Waals surface area contributed by atoms with E-state index in [4.69, 9.17) is 4.98 Å². The maximum Gasteiger partial charge on any atom is 0.255 e. The fourth-order valence-electron chi connectivity index (χ4n) is 3.42. The minimum absolute atomic E-state index is 0. The minimum Gasteiger partial charge on any atom is -0.333 e. The van der Waals surface area contributed by atoms with Gasteiger partial charge in [-0.2, -0.15) is 5.10 Å². The highest BCUT2D eigenvalue weighted by Gasteiger charge is 2.27. The van der Waals surface area contributed by atoms with E-state index in [0.29, 0.717) is 5.56 Å². The van der Waals surface area contributed by atoms with Crippen LogP contribution in [0.1, 0.15) is 37.2 Å². The molecule has 152 valence electrons. The number of nitrogens with one attached hydrogen (secondary N) is 1. The van der Waals surface area contributed by atoms with E-state index in [-0.39, 0.29) is 42.8 Å². The first kappa shape index (κ1) is 22.6. The number of hydrogen-bond acceptors (Lipinski definition) is 5. The monoisotopic (exact) mass is 441 g/mol. The molecule has 4 rings (SSSR count). The molecule has 3 aromatic heterocycles. The second kappa shape index (κ2) is 9.22. The minimum atomic E-state index is 0. The number of fused-ring (bicyclic) bond motifs is 1. The fraction of sp³-hybridized carbons (Fsp3) is 0.421. The van der Waals surface area contributed by atoms with Crippen molar-refractivity contribution < 1.29 is 4.79 Å². The van der Waals surface area contributed by atoms with E-state index in [9.17, 15) is 4.79 Å². The van der Waals surface area contributed by atoms with Gasteiger partial charge in [-0.05, 0) is 38.3 Å². The summed E-state index contributed by atoms with van der Waals surface area (Å²) in [5.74, 6) is 0.0625. The Balaban J connectivity index is 0.00000140. The summed E-state index contributed by atoms with van der Waals surface area (Å²) in [6, 6.07) is 6.32. The summed E-state index contributed by atoms with van der Waals surface area (Å²) in [6.45, 7) is 8.60. The number of halogens is 2. The Morgan fingerprint density at radius 3 is 2.79 bits per heavy atom. The number of carbonyl (C=O) groups is 1. The molecule has 1 atom stereocenters. The standard InChI is InChI=1S/C19H23N5OS.2ClH/c1-12(2)24-18-15(11-21-24)14(9-16(22-18)17-5-4-8-26-17)19(25)23-7-6-20-10-13(23)3;;/h4-5,8-9,11-13,20H,6-7,10H2,1-3H3;2*1H/t13-;;/m1../s1. The molecule has 0 aromatic carbocycles. The molecule has 4 heterocycles. The van der Waals surface area contributed by atoms with E-state index in [1.165, 1.54) is 0 Å². The summed E-state index contributed by atoms with van der Waals surface area (Å²) in [6.07, 6.45) is 1.78. The second-order valence-electron chi connectivity index (χ2n) is 7.00. The van der Waals surface area contributed by atoms with Crippen molar-refractivity contribution >= 4 is 53.1 Å². The highest BCUT2D eigenvalue weighted by molar-refractivity contribution is 7.13. The Labute approximate surface area is 181 Å². The number of aromatic nitrogens is 3. The third-order valence-corrected chi connectivity index (χ3v) is 5.71. The van der Waals surface area contributed by atoms with Crippen molar-refractivity contribution in [3.05, 3.63) is 35.3 Å². The molecule has 1 aliphatic rings. The number of hydrogen-bond donors (Lipinski definition) is 1. The van der Waals surface area contributed by atoms with E-state index in [1.807, 2.05) is 33.2 Å². The first-order valence-corrected chi connectivity index (χ1v) is 9.88. The molecule has 1 amide bonds. The molecule has 1 saturated heterocycles. The maximum absolute atomic E-state index is 13.4. The van der Waals surface area contributed by atoms with Crippen LogP contribution in [0.5, 0.6) is 0 Å². The number of amides is 1. The van der Waals surface area contributed by atoms with Gasteiger partial charge in [0.25, 0.3) is 5.91 Å². The van der Waals surface area contributed by atoms with Gasteiger partial charge in [0.1, 0.15) is 0 Å². The summed E-state index contributed by atoms with van der Waals surface area (Å²) in [5.41, 5.74) is 2.30. The molecule has 0 radical (unpaired) electrons. The van der Waals surface area contributed by atoms with Gasteiger partial charge in [-0.3, -0.25) is 4.79 Å². The Morgan fingerprint density at radius 1 is 1.36 bits per heavy atom. The van der Waals surface area contributed by atoms with E-state index in [1.54, 1.807) is 17.5 Å². The van der Waals surface area contributed by atoms with Crippen LogP contribution in [0.3, 0.4) is 0 Å². The molecular weight excluding hydrogens is 417 g/mol. The summed E-state index contributed by atoms with van der Waals surface area (Å²) in [4.78, 5) is 21.2. The predicted octanol–water partition coefficient (Wildman–Crippen LogP) is 4.02. The van der Waals surface area contributed by atoms with Crippen molar-refractivity contribution in [2.24, 2.45) is 0 Å². The van der Waals surface area contributed by atoms with Crippen molar-refractivity contribution in [3.63, 3.8) is 0 Å². The lowest BCUT2D eigenvalue weighted by molar-refractivity contribution is 0.0658. The normalized spacial score (nSPS) is 16.7. The molecule has 3 aromatic rings. The van der Waals surface area contributed by atoms with Crippen LogP contribution in [0.4, 0.5) is 0 Å². The highest BCUT2D eigenvalue weighted by Crippen LogP contribution is 2.30. The second-order valence-corrected chi connectivity index (χ2v) is 7.95. The molecule has 28 heavy (non-hydrogen) atoms. The molecule has 0 saturated carbocycles. The van der Waals surface area contributed by atoms with Gasteiger partial charge in [0.15, 0.2) is 5.65 Å². The average molecular weight is 442 g/mol. The summed E-state index contributed by atoms with van der Waals surface area (Å²) in [7, 11) is 0. The zero-order valence-electron chi connectivity index (χ0n) is 16.1. The molecule has 9 heteroatoms. The summed E-state index contributed by atoms with van der Waals surface area (Å²) < 4.78 is 1.89. The van der Waals surface area contributed by atoms with Crippen molar-refractivity contribution in [1.29, 1.82) is 0 Å². The van der Waals surface area contributed by atoms with E-state index >= 15 is 0 Å². The quantitative estimate of drug-likeness (QED) is 0.666. The van der Waals surface area contributed by atoms with E-state index < -0.39 is 0 Å².